The van der Waals surface area contributed by atoms with Crippen LogP contribution in [-0.2, 0) is 4.79 Å². The van der Waals surface area contributed by atoms with E-state index >= 15 is 0 Å². The van der Waals surface area contributed by atoms with E-state index in [4.69, 9.17) is 10.8 Å². The number of carbonyl (C=O) groups excluding carboxylic acids is 1. The first kappa shape index (κ1) is 15.5. The summed E-state index contributed by atoms with van der Waals surface area (Å²) in [6.45, 7) is 3.74. The molecular formula is C13H17BrN2O3. The van der Waals surface area contributed by atoms with Crippen molar-refractivity contribution in [3.05, 3.63) is 28.2 Å². The topological polar surface area (TPSA) is 92.4 Å². The molecule has 0 aliphatic heterocycles. The van der Waals surface area contributed by atoms with Gasteiger partial charge in [0.2, 0.25) is 0 Å². The summed E-state index contributed by atoms with van der Waals surface area (Å²) in [4.78, 5) is 22.8. The third-order valence-corrected chi connectivity index (χ3v) is 3.47. The Morgan fingerprint density at radius 1 is 1.42 bits per heavy atom. The fourth-order valence-corrected chi connectivity index (χ4v) is 1.94. The van der Waals surface area contributed by atoms with E-state index in [9.17, 15) is 9.59 Å². The average molecular weight is 329 g/mol. The summed E-state index contributed by atoms with van der Waals surface area (Å²) in [6, 6.07) is 4.44. The van der Waals surface area contributed by atoms with Gasteiger partial charge in [-0.3, -0.25) is 9.59 Å². The highest BCUT2D eigenvalue weighted by Crippen LogP contribution is 2.20. The van der Waals surface area contributed by atoms with Crippen molar-refractivity contribution < 1.29 is 14.7 Å². The lowest BCUT2D eigenvalue weighted by molar-refractivity contribution is -0.137. The van der Waals surface area contributed by atoms with Crippen LogP contribution in [0.15, 0.2) is 22.7 Å². The van der Waals surface area contributed by atoms with Crippen molar-refractivity contribution >= 4 is 33.5 Å². The van der Waals surface area contributed by atoms with Crippen molar-refractivity contribution in [2.45, 2.75) is 26.3 Å². The Kier molecular flexibility index (Phi) is 5.35. The van der Waals surface area contributed by atoms with Gasteiger partial charge in [0.15, 0.2) is 0 Å². The standard InChI is InChI=1S/C13H17BrN2O3/c1-7(2)11(6-12(17)18)16-13(19)8-3-4-10(15)9(14)5-8/h3-5,7,11H,6,15H2,1-2H3,(H,16,19)(H,17,18). The number of carboxylic acids is 1. The largest absolute Gasteiger partial charge is 0.481 e. The van der Waals surface area contributed by atoms with Crippen molar-refractivity contribution in [1.29, 1.82) is 0 Å². The zero-order chi connectivity index (χ0) is 14.6. The molecule has 19 heavy (non-hydrogen) atoms. The number of nitrogens with two attached hydrogens (primary N) is 1. The molecule has 1 rings (SSSR count). The summed E-state index contributed by atoms with van der Waals surface area (Å²) < 4.78 is 0.638. The van der Waals surface area contributed by atoms with Crippen molar-refractivity contribution in [2.75, 3.05) is 5.73 Å². The summed E-state index contributed by atoms with van der Waals surface area (Å²) in [7, 11) is 0. The van der Waals surface area contributed by atoms with Crippen LogP contribution < -0.4 is 11.1 Å². The van der Waals surface area contributed by atoms with Gasteiger partial charge >= 0.3 is 5.97 Å². The van der Waals surface area contributed by atoms with Gasteiger partial charge in [-0.1, -0.05) is 13.8 Å². The molecule has 0 aromatic heterocycles. The van der Waals surface area contributed by atoms with Crippen LogP contribution in [0, 0.1) is 5.92 Å². The number of carbonyl (C=O) groups is 2. The average Bonchev–Trinajstić information content (AvgIpc) is 2.31. The van der Waals surface area contributed by atoms with E-state index in [1.165, 1.54) is 0 Å². The smallest absolute Gasteiger partial charge is 0.305 e. The Labute approximate surface area is 120 Å². The maximum absolute atomic E-state index is 12.0. The molecule has 104 valence electrons. The second kappa shape index (κ2) is 6.56. The lowest BCUT2D eigenvalue weighted by Gasteiger charge is -2.20. The highest BCUT2D eigenvalue weighted by Gasteiger charge is 2.20. The van der Waals surface area contributed by atoms with Gasteiger partial charge in [-0.15, -0.1) is 0 Å². The van der Waals surface area contributed by atoms with E-state index in [1.807, 2.05) is 13.8 Å². The lowest BCUT2D eigenvalue weighted by atomic mass is 10.0. The van der Waals surface area contributed by atoms with E-state index in [0.717, 1.165) is 0 Å². The fraction of sp³-hybridized carbons (Fsp3) is 0.385. The molecule has 1 aromatic rings. The summed E-state index contributed by atoms with van der Waals surface area (Å²) in [6.07, 6.45) is -0.0977. The van der Waals surface area contributed by atoms with Gasteiger partial charge in [0.1, 0.15) is 0 Å². The predicted molar refractivity (Wildman–Crippen MR) is 76.9 cm³/mol. The van der Waals surface area contributed by atoms with E-state index < -0.39 is 12.0 Å². The quantitative estimate of drug-likeness (QED) is 0.723. The van der Waals surface area contributed by atoms with Crippen LogP contribution in [0.25, 0.3) is 0 Å². The SMILES string of the molecule is CC(C)C(CC(=O)O)NC(=O)c1ccc(N)c(Br)c1. The summed E-state index contributed by atoms with van der Waals surface area (Å²) in [5, 5.41) is 11.6. The van der Waals surface area contributed by atoms with E-state index in [1.54, 1.807) is 18.2 Å². The molecule has 0 radical (unpaired) electrons. The molecule has 1 aromatic carbocycles. The zero-order valence-electron chi connectivity index (χ0n) is 10.8. The van der Waals surface area contributed by atoms with Crippen molar-refractivity contribution in [2.24, 2.45) is 5.92 Å². The van der Waals surface area contributed by atoms with E-state index in [2.05, 4.69) is 21.2 Å². The van der Waals surface area contributed by atoms with Crippen LogP contribution in [0.5, 0.6) is 0 Å². The number of nitrogen functional groups attached to an aromatic ring is 1. The Morgan fingerprint density at radius 3 is 2.53 bits per heavy atom. The number of benzene rings is 1. The van der Waals surface area contributed by atoms with Crippen molar-refractivity contribution in [3.63, 3.8) is 0 Å². The predicted octanol–water partition coefficient (Wildman–Crippen LogP) is 2.26. The van der Waals surface area contributed by atoms with Gasteiger partial charge in [-0.2, -0.15) is 0 Å². The summed E-state index contributed by atoms with van der Waals surface area (Å²) in [5.74, 6) is -1.20. The monoisotopic (exact) mass is 328 g/mol. The molecule has 1 amide bonds. The van der Waals surface area contributed by atoms with Gasteiger partial charge in [0, 0.05) is 21.8 Å². The van der Waals surface area contributed by atoms with Gasteiger partial charge in [-0.05, 0) is 40.0 Å². The first-order valence-electron chi connectivity index (χ1n) is 5.89. The fourth-order valence-electron chi connectivity index (χ4n) is 1.56. The molecule has 0 aliphatic rings. The first-order chi connectivity index (χ1) is 8.81. The molecule has 0 saturated carbocycles. The molecule has 0 aliphatic carbocycles. The van der Waals surface area contributed by atoms with Crippen LogP contribution in [0.4, 0.5) is 5.69 Å². The number of nitrogens with one attached hydrogen (secondary N) is 1. The van der Waals surface area contributed by atoms with Gasteiger partial charge in [-0.25, -0.2) is 0 Å². The molecule has 0 fully saturated rings. The Bertz CT molecular complexity index is 489. The van der Waals surface area contributed by atoms with E-state index in [-0.39, 0.29) is 18.2 Å². The molecule has 0 bridgehead atoms. The minimum absolute atomic E-state index is 0.0391. The molecule has 0 spiro atoms. The molecule has 1 atom stereocenters. The molecular weight excluding hydrogens is 312 g/mol. The number of aliphatic carboxylic acids is 1. The maximum Gasteiger partial charge on any atom is 0.305 e. The number of anilines is 1. The van der Waals surface area contributed by atoms with Crippen LogP contribution >= 0.6 is 15.9 Å². The van der Waals surface area contributed by atoms with Crippen molar-refractivity contribution in [1.82, 2.24) is 5.32 Å². The van der Waals surface area contributed by atoms with Crippen LogP contribution in [0.2, 0.25) is 0 Å². The van der Waals surface area contributed by atoms with Gasteiger partial charge in [0.05, 0.1) is 6.42 Å². The first-order valence-corrected chi connectivity index (χ1v) is 6.68. The minimum atomic E-state index is -0.933. The maximum atomic E-state index is 12.0. The van der Waals surface area contributed by atoms with Crippen LogP contribution in [0.1, 0.15) is 30.6 Å². The molecule has 4 N–H and O–H groups in total. The van der Waals surface area contributed by atoms with Crippen LogP contribution in [-0.4, -0.2) is 23.0 Å². The second-order valence-corrected chi connectivity index (χ2v) is 5.51. The van der Waals surface area contributed by atoms with Gasteiger partial charge < -0.3 is 16.2 Å². The lowest BCUT2D eigenvalue weighted by Crippen LogP contribution is -2.40. The number of carboxylic acid groups (broad SMARTS) is 1. The van der Waals surface area contributed by atoms with Crippen molar-refractivity contribution in [3.8, 4) is 0 Å². The number of amides is 1. The Hall–Kier alpha value is -1.56. The molecule has 1 unspecified atom stereocenters. The molecule has 0 heterocycles. The number of hydrogen-bond donors (Lipinski definition) is 3. The Balaban J connectivity index is 2.81. The summed E-state index contributed by atoms with van der Waals surface area (Å²) in [5.41, 5.74) is 6.63. The number of rotatable bonds is 5. The highest BCUT2D eigenvalue weighted by atomic mass is 79.9. The number of halogens is 1. The highest BCUT2D eigenvalue weighted by molar-refractivity contribution is 9.10. The van der Waals surface area contributed by atoms with Gasteiger partial charge in [0.25, 0.3) is 5.91 Å². The molecule has 0 saturated heterocycles. The molecule has 6 heteroatoms. The molecule has 5 nitrogen and oxygen atoms in total. The second-order valence-electron chi connectivity index (χ2n) is 4.66. The summed E-state index contributed by atoms with van der Waals surface area (Å²) >= 11 is 3.25. The Morgan fingerprint density at radius 2 is 2.05 bits per heavy atom. The van der Waals surface area contributed by atoms with E-state index in [0.29, 0.717) is 15.7 Å². The minimum Gasteiger partial charge on any atom is -0.481 e. The van der Waals surface area contributed by atoms with Crippen LogP contribution in [0.3, 0.4) is 0 Å². The number of hydrogen-bond acceptors (Lipinski definition) is 3. The third kappa shape index (κ3) is 4.55. The zero-order valence-corrected chi connectivity index (χ0v) is 12.4. The normalized spacial score (nSPS) is 12.2. The third-order valence-electron chi connectivity index (χ3n) is 2.78.